The zero-order chi connectivity index (χ0) is 23.7. The van der Waals surface area contributed by atoms with Crippen LogP contribution >= 0.6 is 0 Å². The van der Waals surface area contributed by atoms with Gasteiger partial charge in [-0.2, -0.15) is 0 Å². The van der Waals surface area contributed by atoms with Crippen LogP contribution in [-0.2, 0) is 14.3 Å². The van der Waals surface area contributed by atoms with Crippen LogP contribution in [0.5, 0.6) is 0 Å². The molecule has 168 valence electrons. The SMILES string of the molecule is C=CCC1=C(OC)[C@@]2(CC=C)C[C@H](CC=C)C(C)(C)[C@@](C(=O)c3ccccc3)(C1=O)C2=O. The molecule has 1 fully saturated rings. The molecule has 32 heavy (non-hydrogen) atoms. The van der Waals surface area contributed by atoms with Gasteiger partial charge in [0.2, 0.25) is 0 Å². The molecule has 0 N–H and O–H groups in total. The van der Waals surface area contributed by atoms with E-state index in [0.29, 0.717) is 29.7 Å². The predicted octanol–water partition coefficient (Wildman–Crippen LogP) is 5.67. The first-order valence-corrected chi connectivity index (χ1v) is 11.0. The summed E-state index contributed by atoms with van der Waals surface area (Å²) in [5.41, 5.74) is -3.20. The van der Waals surface area contributed by atoms with Crippen LogP contribution in [0.15, 0.2) is 79.6 Å². The molecule has 0 spiro atoms. The number of methoxy groups -OCH3 is 1. The van der Waals surface area contributed by atoms with E-state index in [9.17, 15) is 14.4 Å². The van der Waals surface area contributed by atoms with Crippen molar-refractivity contribution < 1.29 is 19.1 Å². The van der Waals surface area contributed by atoms with Gasteiger partial charge in [0.25, 0.3) is 0 Å². The van der Waals surface area contributed by atoms with E-state index in [4.69, 9.17) is 4.74 Å². The number of ether oxygens (including phenoxy) is 1. The lowest BCUT2D eigenvalue weighted by molar-refractivity contribution is -0.165. The van der Waals surface area contributed by atoms with Gasteiger partial charge in [-0.05, 0) is 37.0 Å². The standard InChI is InChI=1S/C28H32O4/c1-7-13-20-18-27(17-9-3)24(32-6)21(14-8-2)23(30)28(25(27)31,26(20,4)5)22(29)19-15-11-10-12-16-19/h7-12,15-16,20H,1-3,13-14,17-18H2,4-6H3/t20-,27+,28-/m0/s1. The fourth-order valence-electron chi connectivity index (χ4n) is 5.98. The van der Waals surface area contributed by atoms with Crippen molar-refractivity contribution in [2.24, 2.45) is 22.2 Å². The van der Waals surface area contributed by atoms with Crippen LogP contribution in [0.2, 0.25) is 0 Å². The van der Waals surface area contributed by atoms with E-state index in [1.807, 2.05) is 13.8 Å². The number of hydrogen-bond donors (Lipinski definition) is 0. The number of ketones is 3. The van der Waals surface area contributed by atoms with Gasteiger partial charge in [-0.25, -0.2) is 0 Å². The monoisotopic (exact) mass is 432 g/mol. The van der Waals surface area contributed by atoms with Gasteiger partial charge >= 0.3 is 0 Å². The van der Waals surface area contributed by atoms with Crippen LogP contribution in [0.4, 0.5) is 0 Å². The fourth-order valence-corrected chi connectivity index (χ4v) is 5.98. The molecule has 0 heterocycles. The highest BCUT2D eigenvalue weighted by Gasteiger charge is 2.75. The largest absolute Gasteiger partial charge is 0.500 e. The molecular formula is C28H32O4. The first-order chi connectivity index (χ1) is 15.2. The lowest BCUT2D eigenvalue weighted by Crippen LogP contribution is -2.69. The molecule has 0 aromatic heterocycles. The number of hydrogen-bond acceptors (Lipinski definition) is 4. The predicted molar refractivity (Wildman–Crippen MR) is 126 cm³/mol. The third-order valence-electron chi connectivity index (χ3n) is 7.55. The Bertz CT molecular complexity index is 1010. The minimum Gasteiger partial charge on any atom is -0.500 e. The average Bonchev–Trinajstić information content (AvgIpc) is 2.77. The molecule has 1 aromatic carbocycles. The minimum absolute atomic E-state index is 0.135. The number of carbonyl (C=O) groups excluding carboxylic acids is 3. The van der Waals surface area contributed by atoms with Gasteiger partial charge in [0.05, 0.1) is 12.5 Å². The summed E-state index contributed by atoms with van der Waals surface area (Å²) in [6.45, 7) is 15.3. The van der Waals surface area contributed by atoms with Gasteiger partial charge in [0.1, 0.15) is 5.76 Å². The number of rotatable bonds is 9. The van der Waals surface area contributed by atoms with Gasteiger partial charge < -0.3 is 4.74 Å². The second-order valence-corrected chi connectivity index (χ2v) is 9.33. The number of fused-ring (bicyclic) bond motifs is 2. The summed E-state index contributed by atoms with van der Waals surface area (Å²) in [5, 5.41) is 0. The molecule has 0 unspecified atom stereocenters. The molecule has 2 aliphatic carbocycles. The smallest absolute Gasteiger partial charge is 0.184 e. The Morgan fingerprint density at radius 1 is 1.09 bits per heavy atom. The molecule has 0 aliphatic heterocycles. The molecule has 4 nitrogen and oxygen atoms in total. The molecule has 1 saturated carbocycles. The molecule has 1 aromatic rings. The third kappa shape index (κ3) is 2.92. The number of allylic oxidation sites excluding steroid dienone is 5. The number of Topliss-reactive ketones (excluding diaryl/α,β-unsaturated/α-hetero) is 3. The first-order valence-electron chi connectivity index (χ1n) is 11.0. The van der Waals surface area contributed by atoms with Crippen molar-refractivity contribution in [2.45, 2.75) is 39.5 Å². The van der Waals surface area contributed by atoms with Crippen molar-refractivity contribution in [2.75, 3.05) is 7.11 Å². The maximum atomic E-state index is 14.5. The highest BCUT2D eigenvalue weighted by atomic mass is 16.5. The molecular weight excluding hydrogens is 400 g/mol. The van der Waals surface area contributed by atoms with Crippen molar-refractivity contribution in [3.05, 3.63) is 85.2 Å². The van der Waals surface area contributed by atoms with E-state index in [0.717, 1.165) is 0 Å². The summed E-state index contributed by atoms with van der Waals surface area (Å²) >= 11 is 0. The van der Waals surface area contributed by atoms with E-state index in [-0.39, 0.29) is 24.5 Å². The third-order valence-corrected chi connectivity index (χ3v) is 7.55. The Morgan fingerprint density at radius 3 is 2.28 bits per heavy atom. The Labute approximate surface area is 190 Å². The van der Waals surface area contributed by atoms with Crippen LogP contribution in [0, 0.1) is 22.2 Å². The normalized spacial score (nSPS) is 28.8. The topological polar surface area (TPSA) is 60.4 Å². The average molecular weight is 433 g/mol. The fraction of sp³-hybridized carbons (Fsp3) is 0.393. The van der Waals surface area contributed by atoms with Gasteiger partial charge in [0, 0.05) is 11.1 Å². The maximum Gasteiger partial charge on any atom is 0.184 e. The van der Waals surface area contributed by atoms with E-state index >= 15 is 0 Å². The van der Waals surface area contributed by atoms with Gasteiger partial charge in [-0.3, -0.25) is 14.4 Å². The zero-order valence-corrected chi connectivity index (χ0v) is 19.3. The lowest BCUT2D eigenvalue weighted by atomic mass is 9.39. The van der Waals surface area contributed by atoms with Crippen molar-refractivity contribution in [1.29, 1.82) is 0 Å². The Morgan fingerprint density at radius 2 is 1.75 bits per heavy atom. The van der Waals surface area contributed by atoms with Crippen LogP contribution in [0.3, 0.4) is 0 Å². The quantitative estimate of drug-likeness (QED) is 0.287. The van der Waals surface area contributed by atoms with E-state index in [1.165, 1.54) is 7.11 Å². The van der Waals surface area contributed by atoms with Gasteiger partial charge in [0.15, 0.2) is 22.8 Å². The van der Waals surface area contributed by atoms with Crippen molar-refractivity contribution >= 4 is 17.3 Å². The second-order valence-electron chi connectivity index (χ2n) is 9.33. The second kappa shape index (κ2) is 8.50. The van der Waals surface area contributed by atoms with Gasteiger partial charge in [-0.1, -0.05) is 62.4 Å². The molecule has 0 radical (unpaired) electrons. The molecule has 0 amide bonds. The highest BCUT2D eigenvalue weighted by molar-refractivity contribution is 6.36. The Kier molecular flexibility index (Phi) is 6.28. The van der Waals surface area contributed by atoms with Crippen molar-refractivity contribution in [3.8, 4) is 0 Å². The number of carbonyl (C=O) groups is 3. The summed E-state index contributed by atoms with van der Waals surface area (Å²) in [6.07, 6.45) is 6.64. The van der Waals surface area contributed by atoms with E-state index in [2.05, 4.69) is 19.7 Å². The molecule has 2 bridgehead atoms. The summed E-state index contributed by atoms with van der Waals surface area (Å²) in [5.74, 6) is -1.07. The molecule has 0 saturated heterocycles. The van der Waals surface area contributed by atoms with Crippen molar-refractivity contribution in [3.63, 3.8) is 0 Å². The van der Waals surface area contributed by atoms with Crippen LogP contribution in [0.1, 0.15) is 49.9 Å². The molecule has 3 rings (SSSR count). The molecule has 2 aliphatic rings. The Hall–Kier alpha value is -3.01. The highest BCUT2D eigenvalue weighted by Crippen LogP contribution is 2.66. The summed E-state index contributed by atoms with van der Waals surface area (Å²) in [7, 11) is 1.48. The summed E-state index contributed by atoms with van der Waals surface area (Å²) in [4.78, 5) is 43.0. The van der Waals surface area contributed by atoms with E-state index in [1.54, 1.807) is 48.6 Å². The Balaban J connectivity index is 2.48. The first kappa shape index (κ1) is 23.6. The minimum atomic E-state index is -1.86. The van der Waals surface area contributed by atoms with Gasteiger partial charge in [-0.15, -0.1) is 19.7 Å². The summed E-state index contributed by atoms with van der Waals surface area (Å²) in [6, 6.07) is 8.64. The van der Waals surface area contributed by atoms with Crippen molar-refractivity contribution in [1.82, 2.24) is 0 Å². The number of benzene rings is 1. The zero-order valence-electron chi connectivity index (χ0n) is 19.3. The van der Waals surface area contributed by atoms with Crippen LogP contribution < -0.4 is 0 Å². The van der Waals surface area contributed by atoms with Crippen LogP contribution in [0.25, 0.3) is 0 Å². The van der Waals surface area contributed by atoms with E-state index < -0.39 is 27.8 Å². The maximum absolute atomic E-state index is 14.5. The summed E-state index contributed by atoms with van der Waals surface area (Å²) < 4.78 is 5.77. The molecule has 4 heteroatoms. The lowest BCUT2D eigenvalue weighted by Gasteiger charge is -2.59. The molecule has 3 atom stereocenters. The van der Waals surface area contributed by atoms with Crippen LogP contribution in [-0.4, -0.2) is 24.5 Å².